The lowest BCUT2D eigenvalue weighted by atomic mass is 9.90. The lowest BCUT2D eigenvalue weighted by Crippen LogP contribution is -2.39. The molecule has 0 aliphatic rings. The van der Waals surface area contributed by atoms with Gasteiger partial charge < -0.3 is 0 Å². The molecule has 0 heterocycles. The van der Waals surface area contributed by atoms with E-state index in [0.717, 1.165) is 12.0 Å². The summed E-state index contributed by atoms with van der Waals surface area (Å²) in [4.78, 5) is 17.1. The molecular formula is C13H18BrNO2. The van der Waals surface area contributed by atoms with Crippen molar-refractivity contribution >= 4 is 21.8 Å². The van der Waals surface area contributed by atoms with Crippen molar-refractivity contribution in [3.8, 4) is 0 Å². The molecule has 0 saturated heterocycles. The van der Waals surface area contributed by atoms with Crippen molar-refractivity contribution in [2.75, 3.05) is 5.33 Å². The summed E-state index contributed by atoms with van der Waals surface area (Å²) in [5, 5.41) is 0.622. The highest BCUT2D eigenvalue weighted by Gasteiger charge is 2.30. The highest BCUT2D eigenvalue weighted by Crippen LogP contribution is 2.23. The van der Waals surface area contributed by atoms with Crippen LogP contribution in [0.15, 0.2) is 30.3 Å². The van der Waals surface area contributed by atoms with Crippen LogP contribution in [0.25, 0.3) is 0 Å². The zero-order valence-electron chi connectivity index (χ0n) is 10.2. The van der Waals surface area contributed by atoms with Gasteiger partial charge in [0.2, 0.25) is 5.91 Å². The maximum absolute atomic E-state index is 11.9. The molecule has 1 aromatic rings. The normalized spacial score (nSPS) is 14.1. The summed E-state index contributed by atoms with van der Waals surface area (Å²) in [6.07, 6.45) is 0.763. The minimum atomic E-state index is -0.420. The van der Waals surface area contributed by atoms with E-state index in [0.29, 0.717) is 11.9 Å². The SMILES string of the molecule is CCC(C)(CBr)C(=O)NOCc1ccccc1. The lowest BCUT2D eigenvalue weighted by Gasteiger charge is -2.23. The summed E-state index contributed by atoms with van der Waals surface area (Å²) in [5.41, 5.74) is 3.12. The van der Waals surface area contributed by atoms with Gasteiger partial charge in [-0.3, -0.25) is 9.63 Å². The average Bonchev–Trinajstić information content (AvgIpc) is 2.39. The Bertz CT molecular complexity index is 350. The number of hydrogen-bond acceptors (Lipinski definition) is 2. The molecular weight excluding hydrogens is 282 g/mol. The van der Waals surface area contributed by atoms with Crippen molar-refractivity contribution in [2.45, 2.75) is 26.9 Å². The summed E-state index contributed by atoms with van der Waals surface area (Å²) in [6, 6.07) is 9.73. The van der Waals surface area contributed by atoms with Gasteiger partial charge >= 0.3 is 0 Å². The van der Waals surface area contributed by atoms with E-state index in [1.807, 2.05) is 44.2 Å². The first-order chi connectivity index (χ1) is 8.12. The molecule has 1 unspecified atom stereocenters. The third-order valence-corrected chi connectivity index (χ3v) is 4.11. The first kappa shape index (κ1) is 14.2. The Morgan fingerprint density at radius 3 is 2.59 bits per heavy atom. The second-order valence-electron chi connectivity index (χ2n) is 4.25. The van der Waals surface area contributed by atoms with Gasteiger partial charge in [-0.2, -0.15) is 0 Å². The van der Waals surface area contributed by atoms with Crippen LogP contribution in [0.4, 0.5) is 0 Å². The number of nitrogens with one attached hydrogen (secondary N) is 1. The molecule has 0 aromatic heterocycles. The smallest absolute Gasteiger partial charge is 0.250 e. The number of alkyl halides is 1. The number of benzene rings is 1. The Labute approximate surface area is 111 Å². The van der Waals surface area contributed by atoms with E-state index in [4.69, 9.17) is 4.84 Å². The molecule has 0 bridgehead atoms. The van der Waals surface area contributed by atoms with Gasteiger partial charge in [-0.25, -0.2) is 5.48 Å². The number of carbonyl (C=O) groups is 1. The number of hydrogen-bond donors (Lipinski definition) is 1. The summed E-state index contributed by atoms with van der Waals surface area (Å²) in [5.74, 6) is -0.0900. The van der Waals surface area contributed by atoms with Crippen LogP contribution in [0, 0.1) is 5.41 Å². The second-order valence-corrected chi connectivity index (χ2v) is 4.81. The van der Waals surface area contributed by atoms with Crippen LogP contribution in [-0.2, 0) is 16.2 Å². The molecule has 94 valence electrons. The lowest BCUT2D eigenvalue weighted by molar-refractivity contribution is -0.143. The number of rotatable bonds is 6. The standard InChI is InChI=1S/C13H18BrNO2/c1-3-13(2,10-14)12(16)15-17-9-11-7-5-4-6-8-11/h4-8H,3,9-10H2,1-2H3,(H,15,16). The van der Waals surface area contributed by atoms with Crippen molar-refractivity contribution in [1.29, 1.82) is 0 Å². The molecule has 1 N–H and O–H groups in total. The van der Waals surface area contributed by atoms with E-state index in [9.17, 15) is 4.79 Å². The van der Waals surface area contributed by atoms with Crippen LogP contribution in [0.3, 0.4) is 0 Å². The fraction of sp³-hybridized carbons (Fsp3) is 0.462. The summed E-state index contributed by atoms with van der Waals surface area (Å²) in [6.45, 7) is 4.27. The van der Waals surface area contributed by atoms with Gasteiger partial charge in [0.1, 0.15) is 0 Å². The molecule has 0 spiro atoms. The quantitative estimate of drug-likeness (QED) is 0.648. The molecule has 1 amide bonds. The van der Waals surface area contributed by atoms with Crippen molar-refractivity contribution in [2.24, 2.45) is 5.41 Å². The van der Waals surface area contributed by atoms with E-state index >= 15 is 0 Å². The van der Waals surface area contributed by atoms with Crippen LogP contribution in [0.1, 0.15) is 25.8 Å². The Balaban J connectivity index is 2.39. The number of amides is 1. The highest BCUT2D eigenvalue weighted by molar-refractivity contribution is 9.09. The summed E-state index contributed by atoms with van der Waals surface area (Å²) < 4.78 is 0. The van der Waals surface area contributed by atoms with Crippen molar-refractivity contribution in [3.63, 3.8) is 0 Å². The number of carbonyl (C=O) groups excluding carboxylic acids is 1. The van der Waals surface area contributed by atoms with Gasteiger partial charge in [0, 0.05) is 5.33 Å². The third kappa shape index (κ3) is 4.13. The monoisotopic (exact) mass is 299 g/mol. The van der Waals surface area contributed by atoms with E-state index in [2.05, 4.69) is 21.4 Å². The van der Waals surface area contributed by atoms with Gasteiger partial charge in [0.15, 0.2) is 0 Å². The van der Waals surface area contributed by atoms with Crippen LogP contribution < -0.4 is 5.48 Å². The van der Waals surface area contributed by atoms with Crippen LogP contribution in [0.5, 0.6) is 0 Å². The second kappa shape index (κ2) is 6.77. The predicted molar refractivity (Wildman–Crippen MR) is 71.6 cm³/mol. The topological polar surface area (TPSA) is 38.3 Å². The van der Waals surface area contributed by atoms with Crippen molar-refractivity contribution in [3.05, 3.63) is 35.9 Å². The Hall–Kier alpha value is -0.870. The largest absolute Gasteiger partial charge is 0.272 e. The predicted octanol–water partition coefficient (Wildman–Crippen LogP) is 3.05. The van der Waals surface area contributed by atoms with Gasteiger partial charge in [0.25, 0.3) is 0 Å². The molecule has 1 aromatic carbocycles. The number of hydroxylamine groups is 1. The van der Waals surface area contributed by atoms with Gasteiger partial charge in [-0.1, -0.05) is 53.2 Å². The first-order valence-corrected chi connectivity index (χ1v) is 6.76. The first-order valence-electron chi connectivity index (χ1n) is 5.64. The third-order valence-electron chi connectivity index (χ3n) is 2.87. The van der Waals surface area contributed by atoms with E-state index < -0.39 is 5.41 Å². The molecule has 3 nitrogen and oxygen atoms in total. The summed E-state index contributed by atoms with van der Waals surface area (Å²) >= 11 is 3.35. The Morgan fingerprint density at radius 2 is 2.06 bits per heavy atom. The van der Waals surface area contributed by atoms with Crippen LogP contribution in [-0.4, -0.2) is 11.2 Å². The molecule has 1 atom stereocenters. The van der Waals surface area contributed by atoms with Crippen molar-refractivity contribution < 1.29 is 9.63 Å². The molecule has 4 heteroatoms. The van der Waals surface area contributed by atoms with Gasteiger partial charge in [-0.05, 0) is 18.9 Å². The maximum Gasteiger partial charge on any atom is 0.250 e. The van der Waals surface area contributed by atoms with Crippen LogP contribution >= 0.6 is 15.9 Å². The van der Waals surface area contributed by atoms with Gasteiger partial charge in [-0.15, -0.1) is 0 Å². The Kier molecular flexibility index (Phi) is 5.65. The fourth-order valence-electron chi connectivity index (χ4n) is 1.20. The van der Waals surface area contributed by atoms with E-state index in [-0.39, 0.29) is 5.91 Å². The van der Waals surface area contributed by atoms with E-state index in [1.54, 1.807) is 0 Å². The maximum atomic E-state index is 11.9. The molecule has 1 rings (SSSR count). The van der Waals surface area contributed by atoms with E-state index in [1.165, 1.54) is 0 Å². The number of halogens is 1. The van der Waals surface area contributed by atoms with Crippen molar-refractivity contribution in [1.82, 2.24) is 5.48 Å². The molecule has 0 fully saturated rings. The molecule has 0 radical (unpaired) electrons. The Morgan fingerprint density at radius 1 is 1.41 bits per heavy atom. The average molecular weight is 300 g/mol. The molecule has 0 aliphatic carbocycles. The zero-order valence-corrected chi connectivity index (χ0v) is 11.8. The minimum absolute atomic E-state index is 0.0900. The minimum Gasteiger partial charge on any atom is -0.272 e. The summed E-state index contributed by atoms with van der Waals surface area (Å²) in [7, 11) is 0. The molecule has 0 aliphatic heterocycles. The van der Waals surface area contributed by atoms with Gasteiger partial charge in [0.05, 0.1) is 12.0 Å². The highest BCUT2D eigenvalue weighted by atomic mass is 79.9. The van der Waals surface area contributed by atoms with Crippen LogP contribution in [0.2, 0.25) is 0 Å². The zero-order chi connectivity index (χ0) is 12.7. The molecule has 17 heavy (non-hydrogen) atoms. The molecule has 0 saturated carbocycles. The fourth-order valence-corrected chi connectivity index (χ4v) is 1.85.